The number of halogens is 2. The topological polar surface area (TPSA) is 55.4 Å². The van der Waals surface area contributed by atoms with Crippen molar-refractivity contribution in [3.8, 4) is 5.75 Å². The van der Waals surface area contributed by atoms with Gasteiger partial charge in [0.05, 0.1) is 17.7 Å². The van der Waals surface area contributed by atoms with E-state index in [2.05, 4.69) is 36.6 Å². The van der Waals surface area contributed by atoms with E-state index >= 15 is 0 Å². The van der Waals surface area contributed by atoms with E-state index in [1.54, 1.807) is 38.3 Å². The second-order valence-corrected chi connectivity index (χ2v) is 7.72. The highest BCUT2D eigenvalue weighted by Crippen LogP contribution is 2.33. The van der Waals surface area contributed by atoms with Crippen molar-refractivity contribution in [1.82, 2.24) is 0 Å². The largest absolute Gasteiger partial charge is 0.496 e. The molecule has 0 saturated heterocycles. The number of ether oxygens (including phenoxy) is 1. The van der Waals surface area contributed by atoms with E-state index in [0.717, 1.165) is 5.56 Å². The maximum Gasteiger partial charge on any atom is 0.261 e. The van der Waals surface area contributed by atoms with Crippen molar-refractivity contribution in [2.24, 2.45) is 0 Å². The van der Waals surface area contributed by atoms with Crippen LogP contribution in [0.2, 0.25) is 0 Å². The van der Waals surface area contributed by atoms with Gasteiger partial charge in [0, 0.05) is 8.95 Å². The molecule has 2 rings (SSSR count). The van der Waals surface area contributed by atoms with Gasteiger partial charge in [0.2, 0.25) is 0 Å². The first-order valence-corrected chi connectivity index (χ1v) is 9.03. The van der Waals surface area contributed by atoms with Crippen molar-refractivity contribution in [2.75, 3.05) is 11.8 Å². The summed E-state index contributed by atoms with van der Waals surface area (Å²) in [5.41, 5.74) is 1.22. The van der Waals surface area contributed by atoms with Gasteiger partial charge in [-0.2, -0.15) is 0 Å². The van der Waals surface area contributed by atoms with E-state index in [0.29, 0.717) is 20.4 Å². The Morgan fingerprint density at radius 3 is 2.24 bits per heavy atom. The lowest BCUT2D eigenvalue weighted by atomic mass is 10.2. The molecular weight excluding hydrogens is 422 g/mol. The predicted octanol–water partition coefficient (Wildman–Crippen LogP) is 4.33. The van der Waals surface area contributed by atoms with Gasteiger partial charge in [-0.15, -0.1) is 0 Å². The molecule has 4 nitrogen and oxygen atoms in total. The highest BCUT2D eigenvalue weighted by molar-refractivity contribution is 9.11. The van der Waals surface area contributed by atoms with Crippen molar-refractivity contribution < 1.29 is 13.2 Å². The molecule has 0 aliphatic carbocycles. The molecule has 112 valence electrons. The summed E-state index contributed by atoms with van der Waals surface area (Å²) in [6.07, 6.45) is 0. The SMILES string of the molecule is COc1ccc(S(=O)(=O)Nc2c(Br)cccc2Br)cc1C. The first kappa shape index (κ1) is 16.3. The molecule has 0 fully saturated rings. The molecule has 0 heterocycles. The minimum Gasteiger partial charge on any atom is -0.496 e. The molecule has 0 bridgehead atoms. The first-order chi connectivity index (χ1) is 9.85. The average Bonchev–Trinajstić information content (AvgIpc) is 2.43. The smallest absolute Gasteiger partial charge is 0.261 e. The average molecular weight is 435 g/mol. The fourth-order valence-corrected chi connectivity index (χ4v) is 4.45. The minimum absolute atomic E-state index is 0.184. The highest BCUT2D eigenvalue weighted by atomic mass is 79.9. The molecule has 0 spiro atoms. The maximum absolute atomic E-state index is 12.5. The number of para-hydroxylation sites is 1. The number of sulfonamides is 1. The summed E-state index contributed by atoms with van der Waals surface area (Å²) in [6, 6.07) is 10.1. The van der Waals surface area contributed by atoms with Crippen LogP contribution in [-0.4, -0.2) is 15.5 Å². The Balaban J connectivity index is 2.41. The molecule has 0 radical (unpaired) electrons. The summed E-state index contributed by atoms with van der Waals surface area (Å²) < 4.78 is 34.0. The van der Waals surface area contributed by atoms with Gasteiger partial charge in [0.25, 0.3) is 10.0 Å². The standard InChI is InChI=1S/C14H13Br2NO3S/c1-9-8-10(6-7-13(9)20-2)21(18,19)17-14-11(15)4-3-5-12(14)16/h3-8,17H,1-2H3. The van der Waals surface area contributed by atoms with E-state index in [1.807, 2.05) is 6.07 Å². The molecule has 7 heteroatoms. The van der Waals surface area contributed by atoms with Crippen LogP contribution in [0.3, 0.4) is 0 Å². The quantitative estimate of drug-likeness (QED) is 0.778. The number of anilines is 1. The van der Waals surface area contributed by atoms with E-state index in [4.69, 9.17) is 4.74 Å². The van der Waals surface area contributed by atoms with Crippen molar-refractivity contribution in [3.63, 3.8) is 0 Å². The monoisotopic (exact) mass is 433 g/mol. The Kier molecular flexibility index (Phi) is 4.95. The van der Waals surface area contributed by atoms with Crippen molar-refractivity contribution in [2.45, 2.75) is 11.8 Å². The maximum atomic E-state index is 12.5. The van der Waals surface area contributed by atoms with Crippen LogP contribution < -0.4 is 9.46 Å². The molecule has 2 aromatic carbocycles. The minimum atomic E-state index is -3.67. The number of benzene rings is 2. The summed E-state index contributed by atoms with van der Waals surface area (Å²) in [5, 5.41) is 0. The third-order valence-electron chi connectivity index (χ3n) is 2.88. The Labute approximate surface area is 140 Å². The van der Waals surface area contributed by atoms with E-state index in [9.17, 15) is 8.42 Å². The summed E-state index contributed by atoms with van der Waals surface area (Å²) in [5.74, 6) is 0.649. The third kappa shape index (κ3) is 3.59. The molecule has 0 aromatic heterocycles. The Morgan fingerprint density at radius 2 is 1.71 bits per heavy atom. The number of aryl methyl sites for hydroxylation is 1. The van der Waals surface area contributed by atoms with E-state index in [-0.39, 0.29) is 4.90 Å². The van der Waals surface area contributed by atoms with Gasteiger partial charge >= 0.3 is 0 Å². The van der Waals surface area contributed by atoms with Gasteiger partial charge < -0.3 is 4.74 Å². The molecule has 0 unspecified atom stereocenters. The van der Waals surface area contributed by atoms with E-state index < -0.39 is 10.0 Å². The lowest BCUT2D eigenvalue weighted by Crippen LogP contribution is -2.14. The number of hydrogen-bond donors (Lipinski definition) is 1. The third-order valence-corrected chi connectivity index (χ3v) is 5.54. The molecular formula is C14H13Br2NO3S. The lowest BCUT2D eigenvalue weighted by Gasteiger charge is -2.13. The normalized spacial score (nSPS) is 11.2. The van der Waals surface area contributed by atoms with Gasteiger partial charge in [-0.1, -0.05) is 6.07 Å². The summed E-state index contributed by atoms with van der Waals surface area (Å²) in [7, 11) is -2.12. The van der Waals surface area contributed by atoms with Crippen LogP contribution >= 0.6 is 31.9 Å². The fourth-order valence-electron chi connectivity index (χ4n) is 1.81. The van der Waals surface area contributed by atoms with Crippen LogP contribution in [-0.2, 0) is 10.0 Å². The zero-order valence-corrected chi connectivity index (χ0v) is 15.3. The second kappa shape index (κ2) is 6.37. The Bertz CT molecular complexity index is 756. The summed E-state index contributed by atoms with van der Waals surface area (Å²) in [4.78, 5) is 0.184. The molecule has 21 heavy (non-hydrogen) atoms. The molecule has 0 atom stereocenters. The molecule has 0 aliphatic heterocycles. The Morgan fingerprint density at radius 1 is 1.10 bits per heavy atom. The van der Waals surface area contributed by atoms with Crippen LogP contribution in [0, 0.1) is 6.92 Å². The second-order valence-electron chi connectivity index (χ2n) is 4.33. The van der Waals surface area contributed by atoms with Crippen molar-refractivity contribution in [3.05, 3.63) is 50.9 Å². The fraction of sp³-hybridized carbons (Fsp3) is 0.143. The Hall–Kier alpha value is -1.05. The van der Waals surface area contributed by atoms with E-state index in [1.165, 1.54) is 6.07 Å². The van der Waals surface area contributed by atoms with Gasteiger partial charge in [-0.25, -0.2) is 8.42 Å². The zero-order valence-electron chi connectivity index (χ0n) is 11.4. The van der Waals surface area contributed by atoms with Crippen LogP contribution in [0.15, 0.2) is 50.2 Å². The molecule has 2 aromatic rings. The number of nitrogens with one attached hydrogen (secondary N) is 1. The molecule has 0 saturated carbocycles. The highest BCUT2D eigenvalue weighted by Gasteiger charge is 2.18. The van der Waals surface area contributed by atoms with Crippen LogP contribution in [0.1, 0.15) is 5.56 Å². The van der Waals surface area contributed by atoms with Crippen molar-refractivity contribution >= 4 is 47.6 Å². The summed E-state index contributed by atoms with van der Waals surface area (Å²) in [6.45, 7) is 1.80. The number of rotatable bonds is 4. The van der Waals surface area contributed by atoms with Gasteiger partial charge in [0.15, 0.2) is 0 Å². The number of methoxy groups -OCH3 is 1. The number of hydrogen-bond acceptors (Lipinski definition) is 3. The van der Waals surface area contributed by atoms with Gasteiger partial charge in [-0.05, 0) is 74.7 Å². The zero-order chi connectivity index (χ0) is 15.6. The van der Waals surface area contributed by atoms with Crippen LogP contribution in [0.5, 0.6) is 5.75 Å². The molecule has 0 amide bonds. The van der Waals surface area contributed by atoms with Crippen LogP contribution in [0.4, 0.5) is 5.69 Å². The lowest BCUT2D eigenvalue weighted by molar-refractivity contribution is 0.411. The predicted molar refractivity (Wildman–Crippen MR) is 90.4 cm³/mol. The van der Waals surface area contributed by atoms with Crippen molar-refractivity contribution in [1.29, 1.82) is 0 Å². The molecule has 0 aliphatic rings. The van der Waals surface area contributed by atoms with Gasteiger partial charge in [-0.3, -0.25) is 4.72 Å². The van der Waals surface area contributed by atoms with Crippen LogP contribution in [0.25, 0.3) is 0 Å². The first-order valence-electron chi connectivity index (χ1n) is 5.96. The van der Waals surface area contributed by atoms with Gasteiger partial charge in [0.1, 0.15) is 5.75 Å². The summed E-state index contributed by atoms with van der Waals surface area (Å²) >= 11 is 6.67. The molecule has 1 N–H and O–H groups in total.